The Morgan fingerprint density at radius 3 is 2.33 bits per heavy atom. The van der Waals surface area contributed by atoms with Crippen LogP contribution < -0.4 is 15.5 Å². The molecule has 3 atom stereocenters. The number of nitrogens with zero attached hydrogens (tertiary/aromatic N) is 2. The number of fused-ring (bicyclic) bond motifs is 3. The van der Waals surface area contributed by atoms with Gasteiger partial charge in [-0.15, -0.1) is 0 Å². The minimum absolute atomic E-state index is 0.0194. The van der Waals surface area contributed by atoms with Crippen LogP contribution in [0.15, 0.2) is 12.1 Å². The van der Waals surface area contributed by atoms with Gasteiger partial charge in [-0.1, -0.05) is 0 Å². The average Bonchev–Trinajstić information content (AvgIpc) is 2.87. The van der Waals surface area contributed by atoms with Crippen LogP contribution in [-0.4, -0.2) is 59.7 Å². The van der Waals surface area contributed by atoms with Crippen molar-refractivity contribution in [1.29, 1.82) is 0 Å². The summed E-state index contributed by atoms with van der Waals surface area (Å²) < 4.78 is 14.5. The van der Waals surface area contributed by atoms with Gasteiger partial charge in [-0.05, 0) is 25.0 Å². The number of rotatable bonds is 2. The second-order valence-corrected chi connectivity index (χ2v) is 7.46. The van der Waals surface area contributed by atoms with E-state index in [9.17, 15) is 23.6 Å². The molecule has 2 bridgehead atoms. The second kappa shape index (κ2) is 5.59. The lowest BCUT2D eigenvalue weighted by atomic mass is 9.90. The minimum Gasteiger partial charge on any atom is -0.368 e. The van der Waals surface area contributed by atoms with Gasteiger partial charge >= 0.3 is 0 Å². The SMILES string of the molecule is O=C1CCC(N2C(=O)c3c(F)ccc(N4CC5CC(C4)N5)c3C2=O)C(=O)N1. The lowest BCUT2D eigenvalue weighted by Gasteiger charge is -2.49. The van der Waals surface area contributed by atoms with E-state index in [1.165, 1.54) is 12.1 Å². The van der Waals surface area contributed by atoms with Crippen molar-refractivity contribution >= 4 is 29.3 Å². The van der Waals surface area contributed by atoms with Gasteiger partial charge in [0.2, 0.25) is 11.8 Å². The van der Waals surface area contributed by atoms with E-state index in [4.69, 9.17) is 0 Å². The first-order chi connectivity index (χ1) is 12.9. The number of amides is 4. The van der Waals surface area contributed by atoms with Crippen LogP contribution in [0.4, 0.5) is 10.1 Å². The Kier molecular flexibility index (Phi) is 3.39. The van der Waals surface area contributed by atoms with Crippen molar-refractivity contribution in [3.63, 3.8) is 0 Å². The van der Waals surface area contributed by atoms with E-state index in [1.54, 1.807) is 0 Å². The number of anilines is 1. The molecule has 2 N–H and O–H groups in total. The number of carbonyl (C=O) groups is 4. The van der Waals surface area contributed by atoms with Crippen LogP contribution in [0.3, 0.4) is 0 Å². The van der Waals surface area contributed by atoms with Crippen molar-refractivity contribution in [3.8, 4) is 0 Å². The largest absolute Gasteiger partial charge is 0.368 e. The van der Waals surface area contributed by atoms with Gasteiger partial charge in [-0.3, -0.25) is 29.4 Å². The molecule has 8 nitrogen and oxygen atoms in total. The molecule has 0 aromatic heterocycles. The molecule has 27 heavy (non-hydrogen) atoms. The smallest absolute Gasteiger partial charge is 0.265 e. The van der Waals surface area contributed by atoms with E-state index in [2.05, 4.69) is 10.6 Å². The number of piperazine rings is 1. The van der Waals surface area contributed by atoms with Crippen LogP contribution in [-0.2, 0) is 9.59 Å². The molecule has 9 heteroatoms. The summed E-state index contributed by atoms with van der Waals surface area (Å²) in [5, 5.41) is 5.53. The van der Waals surface area contributed by atoms with Gasteiger partial charge in [0.25, 0.3) is 11.8 Å². The maximum Gasteiger partial charge on any atom is 0.265 e. The number of imide groups is 2. The van der Waals surface area contributed by atoms with Crippen molar-refractivity contribution in [2.75, 3.05) is 18.0 Å². The Labute approximate surface area is 153 Å². The van der Waals surface area contributed by atoms with Gasteiger partial charge in [0, 0.05) is 31.6 Å². The second-order valence-electron chi connectivity index (χ2n) is 7.46. The predicted octanol–water partition coefficient (Wildman–Crippen LogP) is -0.223. The average molecular weight is 372 g/mol. The molecule has 5 aliphatic rings. The van der Waals surface area contributed by atoms with Crippen LogP contribution in [0.1, 0.15) is 40.0 Å². The number of halogens is 1. The zero-order chi connectivity index (χ0) is 18.9. The molecule has 0 saturated carbocycles. The van der Waals surface area contributed by atoms with E-state index < -0.39 is 35.5 Å². The summed E-state index contributed by atoms with van der Waals surface area (Å²) in [6.45, 7) is 1.35. The molecule has 5 aliphatic heterocycles. The quantitative estimate of drug-likeness (QED) is 0.697. The van der Waals surface area contributed by atoms with E-state index in [-0.39, 0.29) is 24.0 Å². The summed E-state index contributed by atoms with van der Waals surface area (Å²) in [6, 6.07) is 2.27. The van der Waals surface area contributed by atoms with E-state index >= 15 is 0 Å². The van der Waals surface area contributed by atoms with Crippen molar-refractivity contribution < 1.29 is 23.6 Å². The number of hydrogen-bond donors (Lipinski definition) is 2. The standard InChI is InChI=1S/C18H17FN4O4/c19-10-1-2-11(22-6-8-5-9(7-22)20-8)15-14(10)17(26)23(18(15)27)12-3-4-13(24)21-16(12)25/h1-2,8-9,12,20H,3-7H2,(H,21,24,25). The summed E-state index contributed by atoms with van der Waals surface area (Å²) in [4.78, 5) is 52.2. The van der Waals surface area contributed by atoms with Gasteiger partial charge in [0.15, 0.2) is 0 Å². The summed E-state index contributed by atoms with van der Waals surface area (Å²) in [7, 11) is 0. The fraction of sp³-hybridized carbons (Fsp3) is 0.444. The Bertz CT molecular complexity index is 901. The summed E-state index contributed by atoms with van der Waals surface area (Å²) in [5.41, 5.74) is 0.260. The maximum absolute atomic E-state index is 14.5. The van der Waals surface area contributed by atoms with Crippen LogP contribution in [0, 0.1) is 5.82 Å². The maximum atomic E-state index is 14.5. The van der Waals surface area contributed by atoms with E-state index in [0.29, 0.717) is 30.9 Å². The highest BCUT2D eigenvalue weighted by atomic mass is 19.1. The Morgan fingerprint density at radius 2 is 1.67 bits per heavy atom. The minimum atomic E-state index is -1.10. The van der Waals surface area contributed by atoms with Crippen LogP contribution in [0.25, 0.3) is 0 Å². The van der Waals surface area contributed by atoms with Gasteiger partial charge in [-0.25, -0.2) is 4.39 Å². The molecule has 4 amide bonds. The molecule has 3 unspecified atom stereocenters. The predicted molar refractivity (Wildman–Crippen MR) is 90.6 cm³/mol. The number of piperidine rings is 2. The number of carbonyl (C=O) groups excluding carboxylic acids is 4. The zero-order valence-corrected chi connectivity index (χ0v) is 14.3. The molecule has 1 aromatic rings. The lowest BCUT2D eigenvalue weighted by molar-refractivity contribution is -0.136. The summed E-state index contributed by atoms with van der Waals surface area (Å²) in [6.07, 6.45) is 1.14. The number of benzene rings is 1. The van der Waals surface area contributed by atoms with Crippen LogP contribution in [0.5, 0.6) is 0 Å². The van der Waals surface area contributed by atoms with Gasteiger partial charge in [0.05, 0.1) is 16.8 Å². The lowest BCUT2D eigenvalue weighted by Crippen LogP contribution is -2.67. The molecule has 4 saturated heterocycles. The highest BCUT2D eigenvalue weighted by molar-refractivity contribution is 6.25. The molecular weight excluding hydrogens is 355 g/mol. The summed E-state index contributed by atoms with van der Waals surface area (Å²) in [5.74, 6) is -3.41. The molecule has 140 valence electrons. The highest BCUT2D eigenvalue weighted by Crippen LogP contribution is 2.37. The van der Waals surface area contributed by atoms with Crippen LogP contribution in [0.2, 0.25) is 0 Å². The van der Waals surface area contributed by atoms with Crippen molar-refractivity contribution in [1.82, 2.24) is 15.5 Å². The molecule has 6 rings (SSSR count). The van der Waals surface area contributed by atoms with Gasteiger partial charge in [-0.2, -0.15) is 0 Å². The first-order valence-electron chi connectivity index (χ1n) is 8.99. The highest BCUT2D eigenvalue weighted by Gasteiger charge is 2.48. The van der Waals surface area contributed by atoms with Crippen molar-refractivity contribution in [2.45, 2.75) is 37.4 Å². The molecule has 0 spiro atoms. The normalized spacial score (nSPS) is 29.6. The Morgan fingerprint density at radius 1 is 1.00 bits per heavy atom. The van der Waals surface area contributed by atoms with Crippen molar-refractivity contribution in [2.24, 2.45) is 0 Å². The Balaban J connectivity index is 1.54. The first-order valence-corrected chi connectivity index (χ1v) is 8.99. The molecular formula is C18H17FN4O4. The molecule has 0 aliphatic carbocycles. The number of nitrogens with one attached hydrogen (secondary N) is 2. The molecule has 1 aromatic carbocycles. The molecule has 4 fully saturated rings. The summed E-state index contributed by atoms with van der Waals surface area (Å²) >= 11 is 0. The zero-order valence-electron chi connectivity index (χ0n) is 14.3. The first kappa shape index (κ1) is 16.4. The number of hydrogen-bond acceptors (Lipinski definition) is 6. The fourth-order valence-corrected chi connectivity index (χ4v) is 4.51. The third-order valence-electron chi connectivity index (χ3n) is 5.78. The van der Waals surface area contributed by atoms with Gasteiger partial charge < -0.3 is 10.2 Å². The topological polar surface area (TPSA) is 98.8 Å². The Hall–Kier alpha value is -2.81. The monoisotopic (exact) mass is 372 g/mol. The third kappa shape index (κ3) is 2.31. The molecule has 5 heterocycles. The van der Waals surface area contributed by atoms with Crippen LogP contribution >= 0.6 is 0 Å². The van der Waals surface area contributed by atoms with E-state index in [0.717, 1.165) is 11.3 Å². The van der Waals surface area contributed by atoms with E-state index in [1.807, 2.05) is 4.90 Å². The third-order valence-corrected chi connectivity index (χ3v) is 5.78. The fourth-order valence-electron chi connectivity index (χ4n) is 4.51. The molecule has 0 radical (unpaired) electrons. The van der Waals surface area contributed by atoms with Crippen molar-refractivity contribution in [3.05, 3.63) is 29.1 Å². The van der Waals surface area contributed by atoms with Gasteiger partial charge in [0.1, 0.15) is 11.9 Å².